The summed E-state index contributed by atoms with van der Waals surface area (Å²) in [6.07, 6.45) is -1.34. The second-order valence-corrected chi connectivity index (χ2v) is 5.13. The van der Waals surface area contributed by atoms with Crippen LogP contribution in [0.2, 0.25) is 0 Å². The minimum absolute atomic E-state index is 0.0314. The molecular weight excluding hydrogens is 260 g/mol. The molecule has 1 amide bonds. The smallest absolute Gasteiger partial charge is 0.248 e. The van der Waals surface area contributed by atoms with Gasteiger partial charge in [0.15, 0.2) is 0 Å². The summed E-state index contributed by atoms with van der Waals surface area (Å²) >= 11 is 0. The maximum absolute atomic E-state index is 11.1. The number of nitrogens with one attached hydrogen (secondary N) is 1. The first-order valence-electron chi connectivity index (χ1n) is 4.85. The predicted molar refractivity (Wildman–Crippen MR) is 65.9 cm³/mol. The average Bonchev–Trinajstić information content (AvgIpc) is 2.23. The number of rotatable bonds is 5. The molecule has 1 atom stereocenters. The molecule has 0 aliphatic rings. The number of amides is 1. The maximum Gasteiger partial charge on any atom is 0.248 e. The second kappa shape index (κ2) is 5.21. The van der Waals surface area contributed by atoms with E-state index in [1.54, 1.807) is 0 Å². The second-order valence-electron chi connectivity index (χ2n) is 3.60. The van der Waals surface area contributed by atoms with Crippen LogP contribution in [0.3, 0.4) is 0 Å². The molecule has 0 aromatic heterocycles. The van der Waals surface area contributed by atoms with Gasteiger partial charge in [-0.25, -0.2) is 13.6 Å². The van der Waals surface area contributed by atoms with Crippen molar-refractivity contribution in [1.29, 1.82) is 0 Å². The number of primary sulfonamides is 1. The van der Waals surface area contributed by atoms with Crippen molar-refractivity contribution < 1.29 is 18.3 Å². The zero-order valence-corrected chi connectivity index (χ0v) is 10.1. The average molecular weight is 274 g/mol. The fourth-order valence-electron chi connectivity index (χ4n) is 1.23. The van der Waals surface area contributed by atoms with Crippen LogP contribution in [-0.2, 0) is 14.8 Å². The highest BCUT2D eigenvalue weighted by atomic mass is 32.2. The molecule has 1 rings (SSSR count). The van der Waals surface area contributed by atoms with Gasteiger partial charge in [0.25, 0.3) is 0 Å². The minimum Gasteiger partial charge on any atom is -0.398 e. The van der Waals surface area contributed by atoms with Crippen LogP contribution < -0.4 is 21.9 Å². The number of hydrogen-bond donors (Lipinski definition) is 5. The molecule has 0 fully saturated rings. The van der Waals surface area contributed by atoms with E-state index in [1.807, 2.05) is 0 Å². The number of aliphatic hydroxyl groups is 1. The molecule has 1 aromatic carbocycles. The van der Waals surface area contributed by atoms with E-state index in [1.165, 1.54) is 18.2 Å². The Morgan fingerprint density at radius 3 is 2.50 bits per heavy atom. The molecule has 0 saturated carbocycles. The molecule has 1 unspecified atom stereocenters. The van der Waals surface area contributed by atoms with Gasteiger partial charge in [-0.05, 0) is 18.2 Å². The van der Waals surface area contributed by atoms with Crippen molar-refractivity contribution in [2.75, 3.05) is 17.6 Å². The normalized spacial score (nSPS) is 13.0. The van der Waals surface area contributed by atoms with Gasteiger partial charge in [0.05, 0.1) is 5.69 Å². The number of carbonyl (C=O) groups is 1. The molecule has 0 bridgehead atoms. The third kappa shape index (κ3) is 3.58. The zero-order valence-electron chi connectivity index (χ0n) is 9.33. The summed E-state index contributed by atoms with van der Waals surface area (Å²) in [7, 11) is -3.87. The van der Waals surface area contributed by atoms with Crippen LogP contribution in [0.15, 0.2) is 23.1 Å². The molecule has 8 nitrogen and oxygen atoms in total. The monoisotopic (exact) mass is 274 g/mol. The lowest BCUT2D eigenvalue weighted by molar-refractivity contribution is -0.125. The van der Waals surface area contributed by atoms with E-state index in [0.717, 1.165) is 0 Å². The van der Waals surface area contributed by atoms with Gasteiger partial charge in [-0.3, -0.25) is 4.79 Å². The minimum atomic E-state index is -3.87. The Morgan fingerprint density at radius 2 is 2.06 bits per heavy atom. The van der Waals surface area contributed by atoms with E-state index in [4.69, 9.17) is 21.7 Å². The predicted octanol–water partition coefficient (Wildman–Crippen LogP) is -1.83. The number of hydrogen-bond acceptors (Lipinski definition) is 6. The first-order chi connectivity index (χ1) is 8.21. The highest BCUT2D eigenvalue weighted by Gasteiger charge is 2.13. The van der Waals surface area contributed by atoms with Crippen LogP contribution in [0.25, 0.3) is 0 Å². The Kier molecular flexibility index (Phi) is 4.11. The lowest BCUT2D eigenvalue weighted by atomic mass is 10.2. The van der Waals surface area contributed by atoms with Crippen molar-refractivity contribution in [2.45, 2.75) is 11.0 Å². The first-order valence-corrected chi connectivity index (χ1v) is 6.40. The molecule has 8 N–H and O–H groups in total. The van der Waals surface area contributed by atoms with E-state index in [2.05, 4.69) is 5.32 Å². The molecule has 0 aliphatic heterocycles. The fraction of sp³-hybridized carbons (Fsp3) is 0.222. The van der Waals surface area contributed by atoms with E-state index in [0.29, 0.717) is 5.69 Å². The molecule has 0 spiro atoms. The van der Waals surface area contributed by atoms with Gasteiger partial charge in [0, 0.05) is 12.2 Å². The van der Waals surface area contributed by atoms with Crippen LogP contribution in [-0.4, -0.2) is 32.1 Å². The summed E-state index contributed by atoms with van der Waals surface area (Å²) in [4.78, 5) is 10.4. The largest absolute Gasteiger partial charge is 0.398 e. The zero-order chi connectivity index (χ0) is 13.9. The SMILES string of the molecule is NC(=O)C(O)CNc1ccc(S(N)(=O)=O)c(N)c1. The van der Waals surface area contributed by atoms with E-state index in [9.17, 15) is 13.2 Å². The third-order valence-electron chi connectivity index (χ3n) is 2.14. The van der Waals surface area contributed by atoms with Gasteiger partial charge >= 0.3 is 0 Å². The number of primary amides is 1. The Bertz CT molecular complexity index is 558. The molecule has 18 heavy (non-hydrogen) atoms. The molecule has 9 heteroatoms. The van der Waals surface area contributed by atoms with E-state index in [-0.39, 0.29) is 17.1 Å². The van der Waals surface area contributed by atoms with Crippen LogP contribution in [0.5, 0.6) is 0 Å². The molecule has 0 heterocycles. The van der Waals surface area contributed by atoms with Crippen molar-refractivity contribution in [3.05, 3.63) is 18.2 Å². The van der Waals surface area contributed by atoms with Gasteiger partial charge in [-0.1, -0.05) is 0 Å². The molecular formula is C9H14N4O4S. The van der Waals surface area contributed by atoms with E-state index >= 15 is 0 Å². The topological polar surface area (TPSA) is 162 Å². The lowest BCUT2D eigenvalue weighted by Crippen LogP contribution is -2.34. The van der Waals surface area contributed by atoms with Crippen molar-refractivity contribution in [3.63, 3.8) is 0 Å². The van der Waals surface area contributed by atoms with Crippen LogP contribution in [0.1, 0.15) is 0 Å². The molecule has 1 aromatic rings. The summed E-state index contributed by atoms with van der Waals surface area (Å²) in [5, 5.41) is 16.8. The number of nitrogen functional groups attached to an aromatic ring is 1. The fourth-order valence-corrected chi connectivity index (χ4v) is 1.88. The number of sulfonamides is 1. The lowest BCUT2D eigenvalue weighted by Gasteiger charge is -2.11. The van der Waals surface area contributed by atoms with E-state index < -0.39 is 22.0 Å². The Balaban J connectivity index is 2.83. The number of benzene rings is 1. The third-order valence-corrected chi connectivity index (χ3v) is 3.13. The van der Waals surface area contributed by atoms with Crippen molar-refractivity contribution in [2.24, 2.45) is 10.9 Å². The van der Waals surface area contributed by atoms with Gasteiger partial charge in [-0.2, -0.15) is 0 Å². The first kappa shape index (κ1) is 14.2. The Hall–Kier alpha value is -1.84. The molecule has 0 radical (unpaired) electrons. The maximum atomic E-state index is 11.1. The number of anilines is 2. The number of carbonyl (C=O) groups excluding carboxylic acids is 1. The summed E-state index contributed by atoms with van der Waals surface area (Å²) in [5.74, 6) is -0.864. The van der Waals surface area contributed by atoms with Gasteiger partial charge in [0.2, 0.25) is 15.9 Å². The highest BCUT2D eigenvalue weighted by Crippen LogP contribution is 2.21. The summed E-state index contributed by atoms with van der Waals surface area (Å²) in [6, 6.07) is 3.96. The molecule has 100 valence electrons. The Labute approximate surface area is 104 Å². The number of aliphatic hydroxyl groups excluding tert-OH is 1. The summed E-state index contributed by atoms with van der Waals surface area (Å²) < 4.78 is 22.2. The van der Waals surface area contributed by atoms with Crippen LogP contribution in [0.4, 0.5) is 11.4 Å². The molecule has 0 saturated heterocycles. The summed E-state index contributed by atoms with van der Waals surface area (Å²) in [5.41, 5.74) is 10.8. The van der Waals surface area contributed by atoms with Gasteiger partial charge in [0.1, 0.15) is 11.0 Å². The van der Waals surface area contributed by atoms with Crippen molar-refractivity contribution >= 4 is 27.3 Å². The van der Waals surface area contributed by atoms with Crippen molar-refractivity contribution in [3.8, 4) is 0 Å². The van der Waals surface area contributed by atoms with Crippen molar-refractivity contribution in [1.82, 2.24) is 0 Å². The van der Waals surface area contributed by atoms with Crippen LogP contribution in [0, 0.1) is 0 Å². The quantitative estimate of drug-likeness (QED) is 0.397. The van der Waals surface area contributed by atoms with Gasteiger partial charge < -0.3 is 21.9 Å². The number of nitrogens with two attached hydrogens (primary N) is 3. The molecule has 0 aliphatic carbocycles. The van der Waals surface area contributed by atoms with Crippen LogP contribution >= 0.6 is 0 Å². The standard InChI is InChI=1S/C9H14N4O4S/c10-6-3-5(13-4-7(14)9(11)15)1-2-8(6)18(12,16)17/h1-3,7,13-14H,4,10H2,(H2,11,15)(H2,12,16,17). The van der Waals surface area contributed by atoms with Gasteiger partial charge in [-0.15, -0.1) is 0 Å². The summed E-state index contributed by atoms with van der Waals surface area (Å²) in [6.45, 7) is -0.108. The highest BCUT2D eigenvalue weighted by molar-refractivity contribution is 7.89. The Morgan fingerprint density at radius 1 is 1.44 bits per heavy atom.